The quantitative estimate of drug-likeness (QED) is 0.696. The standard InChI is InChI=1S/C11H17NO3/c13-7-12(9-5-6-9)10(11(14)15)8-3-1-2-4-8/h7-10H,1-6H2,(H,14,15). The zero-order valence-electron chi connectivity index (χ0n) is 8.76. The number of carboxylic acids is 1. The molecule has 0 aromatic heterocycles. The van der Waals surface area contributed by atoms with E-state index in [1.807, 2.05) is 0 Å². The minimum Gasteiger partial charge on any atom is -0.480 e. The highest BCUT2D eigenvalue weighted by Crippen LogP contribution is 2.35. The Hall–Kier alpha value is -1.06. The number of hydrogen-bond donors (Lipinski definition) is 1. The summed E-state index contributed by atoms with van der Waals surface area (Å²) >= 11 is 0. The van der Waals surface area contributed by atoms with Crippen molar-refractivity contribution in [3.8, 4) is 0 Å². The molecule has 0 heterocycles. The number of rotatable bonds is 5. The lowest BCUT2D eigenvalue weighted by molar-refractivity contribution is -0.149. The molecule has 84 valence electrons. The Morgan fingerprint density at radius 2 is 1.87 bits per heavy atom. The molecule has 0 aliphatic heterocycles. The first-order valence-electron chi connectivity index (χ1n) is 5.69. The number of carbonyl (C=O) groups excluding carboxylic acids is 1. The molecule has 4 heteroatoms. The second-order valence-corrected chi connectivity index (χ2v) is 4.61. The molecule has 2 aliphatic rings. The summed E-state index contributed by atoms with van der Waals surface area (Å²) in [5, 5.41) is 9.21. The molecule has 2 rings (SSSR count). The minimum atomic E-state index is -0.832. The van der Waals surface area contributed by atoms with Crippen molar-refractivity contribution >= 4 is 12.4 Å². The molecule has 1 atom stereocenters. The predicted molar refractivity (Wildman–Crippen MR) is 54.3 cm³/mol. The molecule has 0 radical (unpaired) electrons. The van der Waals surface area contributed by atoms with Crippen LogP contribution in [0.4, 0.5) is 0 Å². The van der Waals surface area contributed by atoms with E-state index in [4.69, 9.17) is 0 Å². The molecular formula is C11H17NO3. The van der Waals surface area contributed by atoms with Crippen LogP contribution in [0.5, 0.6) is 0 Å². The van der Waals surface area contributed by atoms with Gasteiger partial charge in [-0.25, -0.2) is 4.79 Å². The van der Waals surface area contributed by atoms with E-state index in [1.54, 1.807) is 4.90 Å². The molecule has 0 saturated heterocycles. The maximum absolute atomic E-state index is 11.2. The molecule has 15 heavy (non-hydrogen) atoms. The van der Waals surface area contributed by atoms with Crippen molar-refractivity contribution in [3.63, 3.8) is 0 Å². The Kier molecular flexibility index (Phi) is 2.93. The molecule has 0 bridgehead atoms. The van der Waals surface area contributed by atoms with Gasteiger partial charge in [0.15, 0.2) is 0 Å². The monoisotopic (exact) mass is 211 g/mol. The zero-order chi connectivity index (χ0) is 10.8. The zero-order valence-corrected chi connectivity index (χ0v) is 8.76. The Morgan fingerprint density at radius 3 is 2.27 bits per heavy atom. The Labute approximate surface area is 89.3 Å². The van der Waals surface area contributed by atoms with Crippen LogP contribution in [0.15, 0.2) is 0 Å². The van der Waals surface area contributed by atoms with Gasteiger partial charge >= 0.3 is 5.97 Å². The lowest BCUT2D eigenvalue weighted by Gasteiger charge is -2.29. The first kappa shape index (κ1) is 10.5. The number of aliphatic carboxylic acids is 1. The van der Waals surface area contributed by atoms with E-state index in [1.165, 1.54) is 0 Å². The smallest absolute Gasteiger partial charge is 0.326 e. The van der Waals surface area contributed by atoms with Crippen LogP contribution in [0.1, 0.15) is 38.5 Å². The minimum absolute atomic E-state index is 0.174. The fraction of sp³-hybridized carbons (Fsp3) is 0.818. The van der Waals surface area contributed by atoms with Crippen molar-refractivity contribution in [1.29, 1.82) is 0 Å². The first-order valence-corrected chi connectivity index (χ1v) is 5.69. The van der Waals surface area contributed by atoms with Gasteiger partial charge in [-0.15, -0.1) is 0 Å². The van der Waals surface area contributed by atoms with Crippen LogP contribution >= 0.6 is 0 Å². The summed E-state index contributed by atoms with van der Waals surface area (Å²) in [6.45, 7) is 0. The van der Waals surface area contributed by atoms with Gasteiger partial charge in [0.25, 0.3) is 0 Å². The lowest BCUT2D eigenvalue weighted by atomic mass is 9.97. The van der Waals surface area contributed by atoms with Crippen molar-refractivity contribution < 1.29 is 14.7 Å². The summed E-state index contributed by atoms with van der Waals surface area (Å²) in [6, 6.07) is -0.373. The third kappa shape index (κ3) is 2.13. The van der Waals surface area contributed by atoms with Gasteiger partial charge in [-0.3, -0.25) is 4.79 Å². The number of nitrogens with zero attached hydrogens (tertiary/aromatic N) is 1. The average Bonchev–Trinajstić information content (AvgIpc) is 2.90. The van der Waals surface area contributed by atoms with Crippen LogP contribution in [-0.4, -0.2) is 34.5 Å². The van der Waals surface area contributed by atoms with Crippen molar-refractivity contribution in [1.82, 2.24) is 4.90 Å². The van der Waals surface area contributed by atoms with Crippen LogP contribution in [-0.2, 0) is 9.59 Å². The second kappa shape index (κ2) is 4.21. The fourth-order valence-corrected chi connectivity index (χ4v) is 2.60. The van der Waals surface area contributed by atoms with Gasteiger partial charge < -0.3 is 10.0 Å². The summed E-state index contributed by atoms with van der Waals surface area (Å²) in [4.78, 5) is 23.7. The van der Waals surface area contributed by atoms with E-state index < -0.39 is 12.0 Å². The molecule has 1 amide bonds. The van der Waals surface area contributed by atoms with Gasteiger partial charge in [0, 0.05) is 6.04 Å². The third-order valence-corrected chi connectivity index (χ3v) is 3.51. The Morgan fingerprint density at radius 1 is 1.27 bits per heavy atom. The van der Waals surface area contributed by atoms with Crippen molar-refractivity contribution in [2.45, 2.75) is 50.6 Å². The molecule has 1 N–H and O–H groups in total. The van der Waals surface area contributed by atoms with E-state index in [9.17, 15) is 14.7 Å². The number of hydrogen-bond acceptors (Lipinski definition) is 2. The molecule has 2 fully saturated rings. The van der Waals surface area contributed by atoms with Crippen LogP contribution < -0.4 is 0 Å². The van der Waals surface area contributed by atoms with E-state index in [0.717, 1.165) is 44.9 Å². The van der Waals surface area contributed by atoms with E-state index >= 15 is 0 Å². The van der Waals surface area contributed by atoms with E-state index in [2.05, 4.69) is 0 Å². The van der Waals surface area contributed by atoms with E-state index in [-0.39, 0.29) is 12.0 Å². The highest BCUT2D eigenvalue weighted by Gasteiger charge is 2.41. The van der Waals surface area contributed by atoms with Crippen LogP contribution in [0.25, 0.3) is 0 Å². The van der Waals surface area contributed by atoms with Gasteiger partial charge in [0.2, 0.25) is 6.41 Å². The summed E-state index contributed by atoms with van der Waals surface area (Å²) in [7, 11) is 0. The Bertz CT molecular complexity index is 257. The number of carboxylic acid groups (broad SMARTS) is 1. The Balaban J connectivity index is 2.09. The first-order chi connectivity index (χ1) is 7.24. The normalized spacial score (nSPS) is 23.7. The maximum Gasteiger partial charge on any atom is 0.326 e. The second-order valence-electron chi connectivity index (χ2n) is 4.61. The topological polar surface area (TPSA) is 57.6 Å². The highest BCUT2D eigenvalue weighted by atomic mass is 16.4. The summed E-state index contributed by atoms with van der Waals surface area (Å²) in [5.74, 6) is -0.658. The summed E-state index contributed by atoms with van der Waals surface area (Å²) in [5.41, 5.74) is 0. The van der Waals surface area contributed by atoms with Crippen LogP contribution in [0.2, 0.25) is 0 Å². The summed E-state index contributed by atoms with van der Waals surface area (Å²) < 4.78 is 0. The summed E-state index contributed by atoms with van der Waals surface area (Å²) in [6.07, 6.45) is 6.78. The molecule has 0 spiro atoms. The van der Waals surface area contributed by atoms with Crippen molar-refractivity contribution in [3.05, 3.63) is 0 Å². The van der Waals surface area contributed by atoms with E-state index in [0.29, 0.717) is 0 Å². The molecule has 2 saturated carbocycles. The van der Waals surface area contributed by atoms with Gasteiger partial charge in [-0.1, -0.05) is 12.8 Å². The molecule has 2 aliphatic carbocycles. The number of amides is 1. The lowest BCUT2D eigenvalue weighted by Crippen LogP contribution is -2.46. The largest absolute Gasteiger partial charge is 0.480 e. The SMILES string of the molecule is O=CN(C1CC1)C(C(=O)O)C1CCCC1. The van der Waals surface area contributed by atoms with Gasteiger partial charge in [-0.2, -0.15) is 0 Å². The van der Waals surface area contributed by atoms with Crippen molar-refractivity contribution in [2.75, 3.05) is 0 Å². The molecule has 1 unspecified atom stereocenters. The maximum atomic E-state index is 11.2. The molecule has 4 nitrogen and oxygen atoms in total. The average molecular weight is 211 g/mol. The molecular weight excluding hydrogens is 194 g/mol. The predicted octanol–water partition coefficient (Wildman–Crippen LogP) is 1.25. The van der Waals surface area contributed by atoms with Crippen LogP contribution in [0.3, 0.4) is 0 Å². The third-order valence-electron chi connectivity index (χ3n) is 3.51. The number of carbonyl (C=O) groups is 2. The van der Waals surface area contributed by atoms with Crippen molar-refractivity contribution in [2.24, 2.45) is 5.92 Å². The molecule has 0 aromatic carbocycles. The fourth-order valence-electron chi connectivity index (χ4n) is 2.60. The highest BCUT2D eigenvalue weighted by molar-refractivity contribution is 5.77. The van der Waals surface area contributed by atoms with Crippen LogP contribution in [0, 0.1) is 5.92 Å². The van der Waals surface area contributed by atoms with Gasteiger partial charge in [-0.05, 0) is 31.6 Å². The molecule has 0 aromatic rings. The van der Waals surface area contributed by atoms with Gasteiger partial charge in [0.05, 0.1) is 0 Å². The van der Waals surface area contributed by atoms with Gasteiger partial charge in [0.1, 0.15) is 6.04 Å².